The Morgan fingerprint density at radius 2 is 2.11 bits per heavy atom. The van der Waals surface area contributed by atoms with Crippen molar-refractivity contribution in [2.45, 2.75) is 50.5 Å². The van der Waals surface area contributed by atoms with Gasteiger partial charge in [-0.05, 0) is 42.5 Å². The highest BCUT2D eigenvalue weighted by molar-refractivity contribution is 7.91. The van der Waals surface area contributed by atoms with Crippen molar-refractivity contribution >= 4 is 9.84 Å². The molecule has 0 spiro atoms. The summed E-state index contributed by atoms with van der Waals surface area (Å²) in [4.78, 5) is 0.528. The smallest absolute Gasteiger partial charge is 0.178 e. The normalized spacial score (nSPS) is 22.0. The van der Waals surface area contributed by atoms with Crippen LogP contribution in [0.2, 0.25) is 0 Å². The third-order valence-electron chi connectivity index (χ3n) is 3.77. The highest BCUT2D eigenvalue weighted by Gasteiger charge is 2.27. The van der Waals surface area contributed by atoms with E-state index in [0.717, 1.165) is 24.9 Å². The summed E-state index contributed by atoms with van der Waals surface area (Å²) >= 11 is 0. The van der Waals surface area contributed by atoms with Crippen LogP contribution in [0.5, 0.6) is 0 Å². The van der Waals surface area contributed by atoms with Crippen LogP contribution in [0.25, 0.3) is 0 Å². The topological polar surface area (TPSA) is 46.2 Å². The van der Waals surface area contributed by atoms with E-state index in [4.69, 9.17) is 0 Å². The minimum atomic E-state index is -3.11. The molecule has 106 valence electrons. The maximum atomic E-state index is 12.3. The van der Waals surface area contributed by atoms with Gasteiger partial charge in [-0.3, -0.25) is 0 Å². The molecule has 1 aliphatic rings. The fourth-order valence-corrected chi connectivity index (χ4v) is 4.29. The first kappa shape index (κ1) is 14.5. The van der Waals surface area contributed by atoms with Crippen molar-refractivity contribution in [1.82, 2.24) is 5.32 Å². The Bertz CT molecular complexity index is 549. The molecule has 0 amide bonds. The van der Waals surface area contributed by atoms with Crippen LogP contribution in [0, 0.1) is 0 Å². The lowest BCUT2D eigenvalue weighted by Gasteiger charge is -2.19. The first-order chi connectivity index (χ1) is 8.95. The van der Waals surface area contributed by atoms with Crippen molar-refractivity contribution in [2.24, 2.45) is 0 Å². The van der Waals surface area contributed by atoms with Crippen LogP contribution in [0.4, 0.5) is 0 Å². The minimum Gasteiger partial charge on any atom is -0.310 e. The van der Waals surface area contributed by atoms with E-state index in [2.05, 4.69) is 32.2 Å². The Morgan fingerprint density at radius 3 is 2.74 bits per heavy atom. The van der Waals surface area contributed by atoms with Gasteiger partial charge in [0.1, 0.15) is 0 Å². The quantitative estimate of drug-likeness (QED) is 0.926. The summed E-state index contributed by atoms with van der Waals surface area (Å²) in [6, 6.07) is 6.00. The van der Waals surface area contributed by atoms with Gasteiger partial charge in [0.25, 0.3) is 0 Å². The van der Waals surface area contributed by atoms with E-state index in [0.29, 0.717) is 10.8 Å². The predicted molar refractivity (Wildman–Crippen MR) is 78.2 cm³/mol. The molecule has 0 aromatic heterocycles. The molecule has 0 aliphatic carbocycles. The zero-order valence-corrected chi connectivity index (χ0v) is 12.8. The molecule has 1 aromatic rings. The molecule has 0 bridgehead atoms. The fraction of sp³-hybridized carbons (Fsp3) is 0.600. The van der Waals surface area contributed by atoms with E-state index >= 15 is 0 Å². The van der Waals surface area contributed by atoms with Crippen LogP contribution in [0.1, 0.15) is 56.7 Å². The number of sulfone groups is 1. The minimum absolute atomic E-state index is 0.163. The molecule has 0 radical (unpaired) electrons. The maximum absolute atomic E-state index is 12.3. The molecule has 2 rings (SSSR count). The third kappa shape index (κ3) is 3.00. The van der Waals surface area contributed by atoms with Crippen LogP contribution in [-0.4, -0.2) is 20.7 Å². The van der Waals surface area contributed by atoms with Gasteiger partial charge < -0.3 is 5.32 Å². The van der Waals surface area contributed by atoms with Gasteiger partial charge in [0.2, 0.25) is 0 Å². The molecule has 1 aliphatic heterocycles. The molecular weight excluding hydrogens is 258 g/mol. The standard InChI is InChI=1S/C15H23NO2S/c1-4-16-14-6-5-9-19(17,18)15-8-7-12(11(2)3)10-13(14)15/h7-8,10-11,14,16H,4-6,9H2,1-3H3. The molecule has 0 saturated heterocycles. The summed E-state index contributed by atoms with van der Waals surface area (Å²) in [5.74, 6) is 0.682. The first-order valence-corrected chi connectivity index (χ1v) is 8.71. The number of hydrogen-bond acceptors (Lipinski definition) is 3. The molecule has 1 N–H and O–H groups in total. The lowest BCUT2D eigenvalue weighted by atomic mass is 9.96. The first-order valence-electron chi connectivity index (χ1n) is 7.05. The van der Waals surface area contributed by atoms with Crippen molar-refractivity contribution in [3.05, 3.63) is 29.3 Å². The molecule has 0 saturated carbocycles. The summed E-state index contributed by atoms with van der Waals surface area (Å²) in [5, 5.41) is 3.42. The molecular formula is C15H23NO2S. The second kappa shape index (κ2) is 5.63. The third-order valence-corrected chi connectivity index (χ3v) is 5.64. The van der Waals surface area contributed by atoms with Crippen molar-refractivity contribution in [3.63, 3.8) is 0 Å². The molecule has 19 heavy (non-hydrogen) atoms. The van der Waals surface area contributed by atoms with E-state index in [1.165, 1.54) is 5.56 Å². The molecule has 0 fully saturated rings. The molecule has 4 heteroatoms. The monoisotopic (exact) mass is 281 g/mol. The largest absolute Gasteiger partial charge is 0.310 e. The Morgan fingerprint density at radius 1 is 1.37 bits per heavy atom. The lowest BCUT2D eigenvalue weighted by Crippen LogP contribution is -2.21. The summed E-state index contributed by atoms with van der Waals surface area (Å²) in [7, 11) is -3.11. The van der Waals surface area contributed by atoms with Crippen molar-refractivity contribution in [3.8, 4) is 0 Å². The van der Waals surface area contributed by atoms with Gasteiger partial charge in [-0.2, -0.15) is 0 Å². The zero-order chi connectivity index (χ0) is 14.0. The Hall–Kier alpha value is -0.870. The van der Waals surface area contributed by atoms with Crippen molar-refractivity contribution in [1.29, 1.82) is 0 Å². The van der Waals surface area contributed by atoms with Crippen molar-refractivity contribution < 1.29 is 8.42 Å². The number of fused-ring (bicyclic) bond motifs is 1. The van der Waals surface area contributed by atoms with E-state index in [9.17, 15) is 8.42 Å². The summed E-state index contributed by atoms with van der Waals surface area (Å²) in [6.45, 7) is 7.19. The Labute approximate surface area is 116 Å². The van der Waals surface area contributed by atoms with Gasteiger partial charge in [-0.15, -0.1) is 0 Å². The molecule has 1 heterocycles. The summed E-state index contributed by atoms with van der Waals surface area (Å²) in [5.41, 5.74) is 2.17. The van der Waals surface area contributed by atoms with Gasteiger partial charge in [0.05, 0.1) is 10.6 Å². The van der Waals surface area contributed by atoms with Gasteiger partial charge in [-0.1, -0.05) is 32.9 Å². The number of benzene rings is 1. The highest BCUT2D eigenvalue weighted by atomic mass is 32.2. The molecule has 1 aromatic carbocycles. The highest BCUT2D eigenvalue weighted by Crippen LogP contribution is 2.33. The molecule has 3 nitrogen and oxygen atoms in total. The van der Waals surface area contributed by atoms with E-state index in [1.807, 2.05) is 6.07 Å². The van der Waals surface area contributed by atoms with Gasteiger partial charge >= 0.3 is 0 Å². The Balaban J connectivity index is 2.56. The second-order valence-corrected chi connectivity index (χ2v) is 7.60. The van der Waals surface area contributed by atoms with E-state index in [-0.39, 0.29) is 11.8 Å². The van der Waals surface area contributed by atoms with Gasteiger partial charge in [0, 0.05) is 6.04 Å². The SMILES string of the molecule is CCNC1CCCS(=O)(=O)c2ccc(C(C)C)cc21. The average Bonchev–Trinajstić information content (AvgIpc) is 2.47. The fourth-order valence-electron chi connectivity index (χ4n) is 2.68. The molecule has 1 unspecified atom stereocenters. The zero-order valence-electron chi connectivity index (χ0n) is 11.9. The number of hydrogen-bond donors (Lipinski definition) is 1. The van der Waals surface area contributed by atoms with E-state index in [1.54, 1.807) is 6.07 Å². The van der Waals surface area contributed by atoms with Crippen LogP contribution in [0.3, 0.4) is 0 Å². The predicted octanol–water partition coefficient (Wildman–Crippen LogP) is 3.03. The maximum Gasteiger partial charge on any atom is 0.178 e. The van der Waals surface area contributed by atoms with E-state index < -0.39 is 9.84 Å². The van der Waals surface area contributed by atoms with Gasteiger partial charge in [-0.25, -0.2) is 8.42 Å². The van der Waals surface area contributed by atoms with Crippen LogP contribution in [0.15, 0.2) is 23.1 Å². The van der Waals surface area contributed by atoms with Gasteiger partial charge in [0.15, 0.2) is 9.84 Å². The molecule has 1 atom stereocenters. The average molecular weight is 281 g/mol. The van der Waals surface area contributed by atoms with Crippen LogP contribution < -0.4 is 5.32 Å². The Kier molecular flexibility index (Phi) is 4.31. The van der Waals surface area contributed by atoms with Crippen LogP contribution in [-0.2, 0) is 9.84 Å². The number of nitrogens with one attached hydrogen (secondary N) is 1. The lowest BCUT2D eigenvalue weighted by molar-refractivity contribution is 0.508. The van der Waals surface area contributed by atoms with Crippen LogP contribution >= 0.6 is 0 Å². The van der Waals surface area contributed by atoms with Crippen molar-refractivity contribution in [2.75, 3.05) is 12.3 Å². The summed E-state index contributed by atoms with van der Waals surface area (Å²) < 4.78 is 24.6. The summed E-state index contributed by atoms with van der Waals surface area (Å²) in [6.07, 6.45) is 1.62. The second-order valence-electron chi connectivity index (χ2n) is 5.52. The number of rotatable bonds is 3.